The first kappa shape index (κ1) is 5.41. The number of aryl methyl sites for hydroxylation is 1. The fourth-order valence-corrected chi connectivity index (χ4v) is 0.905. The second-order valence-electron chi connectivity index (χ2n) is 2.21. The van der Waals surface area contributed by atoms with Gasteiger partial charge in [-0.2, -0.15) is 5.10 Å². The van der Waals surface area contributed by atoms with E-state index in [2.05, 4.69) is 10.1 Å². The van der Waals surface area contributed by atoms with Gasteiger partial charge in [0.2, 0.25) is 0 Å². The van der Waals surface area contributed by atoms with Gasteiger partial charge in [0.05, 0.1) is 11.9 Å². The lowest BCUT2D eigenvalue weighted by molar-refractivity contribution is 0.876. The smallest absolute Gasteiger partial charge is 0.153 e. The summed E-state index contributed by atoms with van der Waals surface area (Å²) in [6.07, 6.45) is 3.64. The van der Waals surface area contributed by atoms with Crippen LogP contribution in [-0.2, 0) is 0 Å². The molecule has 0 aliphatic carbocycles. The maximum Gasteiger partial charge on any atom is 0.153 e. The molecule has 50 valence electrons. The van der Waals surface area contributed by atoms with Gasteiger partial charge in [-0.25, -0.2) is 9.50 Å². The molecule has 2 aromatic heterocycles. The van der Waals surface area contributed by atoms with Crippen LogP contribution in [0.1, 0.15) is 5.69 Å². The molecule has 3 heteroatoms. The first-order valence-electron chi connectivity index (χ1n) is 3.13. The van der Waals surface area contributed by atoms with Crippen molar-refractivity contribution in [3.8, 4) is 0 Å². The maximum absolute atomic E-state index is 4.19. The van der Waals surface area contributed by atoms with Crippen molar-refractivity contribution < 1.29 is 0 Å². The van der Waals surface area contributed by atoms with E-state index in [1.165, 1.54) is 0 Å². The lowest BCUT2D eigenvalue weighted by atomic mass is 10.5. The maximum atomic E-state index is 4.19. The first-order chi connectivity index (χ1) is 4.86. The van der Waals surface area contributed by atoms with Gasteiger partial charge in [-0.3, -0.25) is 0 Å². The van der Waals surface area contributed by atoms with Gasteiger partial charge >= 0.3 is 0 Å². The molecule has 0 saturated carbocycles. The summed E-state index contributed by atoms with van der Waals surface area (Å²) in [4.78, 5) is 4.14. The van der Waals surface area contributed by atoms with Crippen LogP contribution in [0.4, 0.5) is 0 Å². The van der Waals surface area contributed by atoms with E-state index in [9.17, 15) is 0 Å². The third-order valence-corrected chi connectivity index (χ3v) is 1.36. The third kappa shape index (κ3) is 0.673. The second-order valence-corrected chi connectivity index (χ2v) is 2.21. The molecule has 0 N–H and O–H groups in total. The number of nitrogens with zero attached hydrogens (tertiary/aromatic N) is 3. The Morgan fingerprint density at radius 2 is 2.40 bits per heavy atom. The molecule has 0 aromatic carbocycles. The highest BCUT2D eigenvalue weighted by molar-refractivity contribution is 5.36. The normalized spacial score (nSPS) is 10.5. The summed E-state index contributed by atoms with van der Waals surface area (Å²) in [7, 11) is 0. The van der Waals surface area contributed by atoms with Crippen molar-refractivity contribution in [1.29, 1.82) is 0 Å². The van der Waals surface area contributed by atoms with E-state index in [4.69, 9.17) is 0 Å². The van der Waals surface area contributed by atoms with Crippen LogP contribution in [-0.4, -0.2) is 14.6 Å². The average Bonchev–Trinajstić information content (AvgIpc) is 2.33. The van der Waals surface area contributed by atoms with Crippen molar-refractivity contribution >= 4 is 5.65 Å². The van der Waals surface area contributed by atoms with E-state index >= 15 is 0 Å². The van der Waals surface area contributed by atoms with Gasteiger partial charge in [-0.15, -0.1) is 0 Å². The summed E-state index contributed by atoms with van der Waals surface area (Å²) < 4.78 is 1.76. The lowest BCUT2D eigenvalue weighted by Gasteiger charge is -1.92. The SMILES string of the molecule is Cc1cnc2cccn2n1. The zero-order valence-electron chi connectivity index (χ0n) is 5.65. The molecule has 3 nitrogen and oxygen atoms in total. The number of hydrogen-bond acceptors (Lipinski definition) is 2. The highest BCUT2D eigenvalue weighted by Gasteiger charge is 1.91. The lowest BCUT2D eigenvalue weighted by Crippen LogP contribution is -1.93. The first-order valence-corrected chi connectivity index (χ1v) is 3.13. The molecule has 2 aromatic rings. The zero-order chi connectivity index (χ0) is 6.97. The van der Waals surface area contributed by atoms with Gasteiger partial charge in [0.15, 0.2) is 5.65 Å². The fraction of sp³-hybridized carbons (Fsp3) is 0.143. The minimum absolute atomic E-state index is 0.894. The molecule has 0 amide bonds. The number of fused-ring (bicyclic) bond motifs is 1. The number of aromatic nitrogens is 3. The fourth-order valence-electron chi connectivity index (χ4n) is 0.905. The van der Waals surface area contributed by atoms with Crippen LogP contribution in [0.25, 0.3) is 5.65 Å². The van der Waals surface area contributed by atoms with Gasteiger partial charge in [0.1, 0.15) is 0 Å². The van der Waals surface area contributed by atoms with Crippen LogP contribution in [0, 0.1) is 6.92 Å². The van der Waals surface area contributed by atoms with Crippen molar-refractivity contribution in [2.24, 2.45) is 0 Å². The molecule has 0 aliphatic heterocycles. The van der Waals surface area contributed by atoms with Gasteiger partial charge in [0.25, 0.3) is 0 Å². The van der Waals surface area contributed by atoms with Crippen molar-refractivity contribution in [3.63, 3.8) is 0 Å². The van der Waals surface area contributed by atoms with Crippen molar-refractivity contribution in [2.45, 2.75) is 6.92 Å². The summed E-state index contributed by atoms with van der Waals surface area (Å²) >= 11 is 0. The Bertz CT molecular complexity index is 350. The van der Waals surface area contributed by atoms with Gasteiger partial charge in [0, 0.05) is 6.20 Å². The molecule has 2 heterocycles. The average molecular weight is 133 g/mol. The highest BCUT2D eigenvalue weighted by Crippen LogP contribution is 1.97. The van der Waals surface area contributed by atoms with E-state index in [0.29, 0.717) is 0 Å². The van der Waals surface area contributed by atoms with Gasteiger partial charge in [-0.05, 0) is 19.1 Å². The van der Waals surface area contributed by atoms with E-state index in [0.717, 1.165) is 11.3 Å². The summed E-state index contributed by atoms with van der Waals surface area (Å²) in [5.74, 6) is 0. The van der Waals surface area contributed by atoms with Gasteiger partial charge in [-0.1, -0.05) is 0 Å². The predicted octanol–water partition coefficient (Wildman–Crippen LogP) is 1.04. The molecule has 10 heavy (non-hydrogen) atoms. The number of hydrogen-bond donors (Lipinski definition) is 0. The van der Waals surface area contributed by atoms with Crippen LogP contribution < -0.4 is 0 Å². The van der Waals surface area contributed by atoms with Crippen LogP contribution in [0.15, 0.2) is 24.5 Å². The molecule has 0 saturated heterocycles. The Labute approximate surface area is 58.3 Å². The summed E-state index contributed by atoms with van der Waals surface area (Å²) in [6, 6.07) is 3.85. The summed E-state index contributed by atoms with van der Waals surface area (Å²) in [5.41, 5.74) is 1.83. The van der Waals surface area contributed by atoms with E-state index < -0.39 is 0 Å². The van der Waals surface area contributed by atoms with Crippen LogP contribution in [0.5, 0.6) is 0 Å². The third-order valence-electron chi connectivity index (χ3n) is 1.36. The Morgan fingerprint density at radius 3 is 3.30 bits per heavy atom. The molecule has 0 fully saturated rings. The highest BCUT2D eigenvalue weighted by atomic mass is 15.2. The second kappa shape index (κ2) is 1.80. The van der Waals surface area contributed by atoms with Crippen LogP contribution in [0.2, 0.25) is 0 Å². The number of rotatable bonds is 0. The van der Waals surface area contributed by atoms with Crippen LogP contribution in [0.3, 0.4) is 0 Å². The Kier molecular flexibility index (Phi) is 0.974. The molecule has 0 aliphatic rings. The van der Waals surface area contributed by atoms with E-state index in [1.54, 1.807) is 10.7 Å². The van der Waals surface area contributed by atoms with Crippen molar-refractivity contribution in [1.82, 2.24) is 14.6 Å². The Balaban J connectivity index is 2.86. The minimum atomic E-state index is 0.894. The molecular weight excluding hydrogens is 126 g/mol. The molecule has 0 unspecified atom stereocenters. The van der Waals surface area contributed by atoms with E-state index in [1.807, 2.05) is 25.3 Å². The van der Waals surface area contributed by atoms with E-state index in [-0.39, 0.29) is 0 Å². The molecular formula is C7H7N3. The molecule has 0 radical (unpaired) electrons. The Morgan fingerprint density at radius 1 is 1.50 bits per heavy atom. The van der Waals surface area contributed by atoms with Crippen molar-refractivity contribution in [2.75, 3.05) is 0 Å². The topological polar surface area (TPSA) is 30.2 Å². The molecule has 0 atom stereocenters. The molecule has 0 spiro atoms. The largest absolute Gasteiger partial charge is 0.235 e. The summed E-state index contributed by atoms with van der Waals surface area (Å²) in [5, 5.41) is 4.19. The van der Waals surface area contributed by atoms with Crippen LogP contribution >= 0.6 is 0 Å². The van der Waals surface area contributed by atoms with Crippen molar-refractivity contribution in [3.05, 3.63) is 30.2 Å². The minimum Gasteiger partial charge on any atom is -0.235 e. The van der Waals surface area contributed by atoms with Gasteiger partial charge < -0.3 is 0 Å². The molecule has 0 bridgehead atoms. The summed E-state index contributed by atoms with van der Waals surface area (Å²) in [6.45, 7) is 1.92. The quantitative estimate of drug-likeness (QED) is 0.537. The zero-order valence-corrected chi connectivity index (χ0v) is 5.65. The monoisotopic (exact) mass is 133 g/mol. The predicted molar refractivity (Wildman–Crippen MR) is 37.7 cm³/mol. The standard InChI is InChI=1S/C7H7N3/c1-6-5-8-7-3-2-4-10(7)9-6/h2-5H,1H3. The molecule has 2 rings (SSSR count). The Hall–Kier alpha value is -1.38.